The molecule has 0 aliphatic carbocycles. The second kappa shape index (κ2) is 6.81. The third kappa shape index (κ3) is 3.99. The third-order valence-corrected chi connectivity index (χ3v) is 4.56. The molecule has 4 atom stereocenters. The summed E-state index contributed by atoms with van der Waals surface area (Å²) >= 11 is 0. The molecule has 0 saturated carbocycles. The molecular formula is C16H27FN4. The molecule has 0 radical (unpaired) electrons. The number of halogens is 1. The summed E-state index contributed by atoms with van der Waals surface area (Å²) in [6.07, 6.45) is 1.24. The zero-order valence-corrected chi connectivity index (χ0v) is 13.5. The maximum absolute atomic E-state index is 12.9. The second-order valence-corrected chi connectivity index (χ2v) is 6.63. The zero-order chi connectivity index (χ0) is 15.6. The Labute approximate surface area is 127 Å². The Balaban J connectivity index is 1.92. The van der Waals surface area contributed by atoms with E-state index in [2.05, 4.69) is 42.7 Å². The van der Waals surface area contributed by atoms with Crippen LogP contribution in [0.25, 0.3) is 0 Å². The fourth-order valence-electron chi connectivity index (χ4n) is 3.27. The molecule has 1 aliphatic rings. The molecule has 1 aromatic heterocycles. The Morgan fingerprint density at radius 3 is 2.67 bits per heavy atom. The van der Waals surface area contributed by atoms with Crippen LogP contribution in [0.4, 0.5) is 4.39 Å². The highest BCUT2D eigenvalue weighted by Crippen LogP contribution is 2.24. The van der Waals surface area contributed by atoms with Gasteiger partial charge >= 0.3 is 0 Å². The molecule has 1 aromatic rings. The second-order valence-electron chi connectivity index (χ2n) is 6.63. The van der Waals surface area contributed by atoms with Crippen molar-refractivity contribution in [2.24, 2.45) is 17.6 Å². The van der Waals surface area contributed by atoms with Crippen molar-refractivity contribution in [1.29, 1.82) is 0 Å². The van der Waals surface area contributed by atoms with E-state index in [4.69, 9.17) is 5.73 Å². The number of likely N-dealkylation sites (N-methyl/N-ethyl adjacent to an activating group) is 1. The maximum Gasteiger partial charge on any atom is 0.141 e. The molecule has 2 rings (SSSR count). The molecule has 1 aliphatic heterocycles. The Morgan fingerprint density at radius 1 is 1.43 bits per heavy atom. The Kier molecular flexibility index (Phi) is 5.30. The average Bonchev–Trinajstić information content (AvgIpc) is 2.79. The highest BCUT2D eigenvalue weighted by Gasteiger charge is 2.32. The molecule has 4 nitrogen and oxygen atoms in total. The topological polar surface area (TPSA) is 45.4 Å². The van der Waals surface area contributed by atoms with Gasteiger partial charge in [-0.1, -0.05) is 13.8 Å². The zero-order valence-electron chi connectivity index (χ0n) is 13.5. The molecular weight excluding hydrogens is 267 g/mol. The van der Waals surface area contributed by atoms with Crippen LogP contribution in [-0.4, -0.2) is 54.6 Å². The highest BCUT2D eigenvalue weighted by atomic mass is 19.1. The van der Waals surface area contributed by atoms with Crippen LogP contribution in [0.2, 0.25) is 0 Å². The van der Waals surface area contributed by atoms with E-state index in [-0.39, 0.29) is 17.8 Å². The summed E-state index contributed by atoms with van der Waals surface area (Å²) in [6.45, 7) is 7.59. The van der Waals surface area contributed by atoms with Gasteiger partial charge in [0, 0.05) is 25.7 Å². The third-order valence-electron chi connectivity index (χ3n) is 4.56. The highest BCUT2D eigenvalue weighted by molar-refractivity contribution is 5.10. The predicted octanol–water partition coefficient (Wildman–Crippen LogP) is 1.74. The van der Waals surface area contributed by atoms with E-state index in [0.717, 1.165) is 25.3 Å². The van der Waals surface area contributed by atoms with Crippen molar-refractivity contribution in [2.45, 2.75) is 25.9 Å². The first-order chi connectivity index (χ1) is 9.88. The lowest BCUT2D eigenvalue weighted by atomic mass is 9.98. The molecule has 0 bridgehead atoms. The van der Waals surface area contributed by atoms with Gasteiger partial charge in [-0.25, -0.2) is 4.39 Å². The first-order valence-corrected chi connectivity index (χ1v) is 7.64. The van der Waals surface area contributed by atoms with Crippen LogP contribution in [0.3, 0.4) is 0 Å². The van der Waals surface area contributed by atoms with E-state index in [1.54, 1.807) is 6.07 Å². The molecule has 5 heteroatoms. The smallest absolute Gasteiger partial charge is 0.141 e. The molecule has 0 aromatic carbocycles. The lowest BCUT2D eigenvalue weighted by Gasteiger charge is -2.26. The number of hydrogen-bond acceptors (Lipinski definition) is 4. The van der Waals surface area contributed by atoms with Crippen molar-refractivity contribution in [2.75, 3.05) is 33.7 Å². The molecule has 21 heavy (non-hydrogen) atoms. The number of pyridine rings is 1. The SMILES string of the molecule is CC(CN1CC(C)C(N(C)C)C1)C(N)c1ccc(F)cn1. The summed E-state index contributed by atoms with van der Waals surface area (Å²) < 4.78 is 12.9. The van der Waals surface area contributed by atoms with Crippen molar-refractivity contribution in [3.05, 3.63) is 29.8 Å². The largest absolute Gasteiger partial charge is 0.322 e. The fourth-order valence-corrected chi connectivity index (χ4v) is 3.27. The summed E-state index contributed by atoms with van der Waals surface area (Å²) in [5.41, 5.74) is 7.04. The number of rotatable bonds is 5. The number of aromatic nitrogens is 1. The molecule has 2 N–H and O–H groups in total. The molecule has 118 valence electrons. The quantitative estimate of drug-likeness (QED) is 0.898. The lowest BCUT2D eigenvalue weighted by molar-refractivity contribution is 0.231. The number of hydrogen-bond donors (Lipinski definition) is 1. The normalized spacial score (nSPS) is 26.2. The van der Waals surface area contributed by atoms with E-state index in [0.29, 0.717) is 12.0 Å². The van der Waals surface area contributed by atoms with E-state index in [1.165, 1.54) is 12.3 Å². The van der Waals surface area contributed by atoms with Gasteiger partial charge in [0.15, 0.2) is 0 Å². The van der Waals surface area contributed by atoms with Gasteiger partial charge in [0.2, 0.25) is 0 Å². The van der Waals surface area contributed by atoms with E-state index in [1.807, 2.05) is 0 Å². The summed E-state index contributed by atoms with van der Waals surface area (Å²) in [4.78, 5) is 8.88. The first kappa shape index (κ1) is 16.3. The van der Waals surface area contributed by atoms with Gasteiger partial charge < -0.3 is 15.5 Å². The van der Waals surface area contributed by atoms with Gasteiger partial charge in [0.05, 0.1) is 17.9 Å². The van der Waals surface area contributed by atoms with Crippen LogP contribution < -0.4 is 5.73 Å². The molecule has 4 unspecified atom stereocenters. The minimum absolute atomic E-state index is 0.153. The van der Waals surface area contributed by atoms with Crippen LogP contribution >= 0.6 is 0 Å². The van der Waals surface area contributed by atoms with Crippen molar-refractivity contribution in [3.8, 4) is 0 Å². The van der Waals surface area contributed by atoms with Crippen LogP contribution in [0.5, 0.6) is 0 Å². The van der Waals surface area contributed by atoms with Gasteiger partial charge in [-0.3, -0.25) is 4.98 Å². The van der Waals surface area contributed by atoms with E-state index < -0.39 is 0 Å². The van der Waals surface area contributed by atoms with Gasteiger partial charge in [0.25, 0.3) is 0 Å². The molecule has 2 heterocycles. The van der Waals surface area contributed by atoms with Gasteiger partial charge in [-0.2, -0.15) is 0 Å². The summed E-state index contributed by atoms with van der Waals surface area (Å²) in [6, 6.07) is 3.57. The van der Waals surface area contributed by atoms with Gasteiger partial charge in [-0.05, 0) is 38.1 Å². The van der Waals surface area contributed by atoms with E-state index in [9.17, 15) is 4.39 Å². The summed E-state index contributed by atoms with van der Waals surface area (Å²) in [7, 11) is 4.28. The average molecular weight is 294 g/mol. The number of nitrogens with zero attached hydrogens (tertiary/aromatic N) is 3. The number of likely N-dealkylation sites (tertiary alicyclic amines) is 1. The minimum atomic E-state index is -0.319. The fraction of sp³-hybridized carbons (Fsp3) is 0.688. The molecule has 1 fully saturated rings. The summed E-state index contributed by atoms with van der Waals surface area (Å²) in [5.74, 6) is 0.643. The summed E-state index contributed by atoms with van der Waals surface area (Å²) in [5, 5.41) is 0. The molecule has 0 amide bonds. The van der Waals surface area contributed by atoms with Crippen molar-refractivity contribution >= 4 is 0 Å². The molecule has 1 saturated heterocycles. The Hall–Kier alpha value is -1.04. The molecule has 0 spiro atoms. The van der Waals surface area contributed by atoms with E-state index >= 15 is 0 Å². The first-order valence-electron chi connectivity index (χ1n) is 7.64. The maximum atomic E-state index is 12.9. The van der Waals surface area contributed by atoms with Crippen LogP contribution in [0.15, 0.2) is 18.3 Å². The Bertz CT molecular complexity index is 448. The van der Waals surface area contributed by atoms with Crippen molar-refractivity contribution in [3.63, 3.8) is 0 Å². The van der Waals surface area contributed by atoms with Crippen molar-refractivity contribution < 1.29 is 4.39 Å². The van der Waals surface area contributed by atoms with Crippen LogP contribution in [0, 0.1) is 17.7 Å². The van der Waals surface area contributed by atoms with Crippen molar-refractivity contribution in [1.82, 2.24) is 14.8 Å². The lowest BCUT2D eigenvalue weighted by Crippen LogP contribution is -2.36. The Morgan fingerprint density at radius 2 is 2.14 bits per heavy atom. The standard InChI is InChI=1S/C16H27FN4/c1-11-8-21(10-15(11)20(3)4)9-12(2)16(18)14-6-5-13(17)7-19-14/h5-7,11-12,15-16H,8-10,18H2,1-4H3. The van der Waals surface area contributed by atoms with Crippen LogP contribution in [-0.2, 0) is 0 Å². The van der Waals surface area contributed by atoms with Gasteiger partial charge in [0.1, 0.15) is 5.82 Å². The predicted molar refractivity (Wildman–Crippen MR) is 83.4 cm³/mol. The number of nitrogens with two attached hydrogens (primary N) is 1. The van der Waals surface area contributed by atoms with Crippen LogP contribution in [0.1, 0.15) is 25.6 Å². The van der Waals surface area contributed by atoms with Gasteiger partial charge in [-0.15, -0.1) is 0 Å². The monoisotopic (exact) mass is 294 g/mol. The minimum Gasteiger partial charge on any atom is -0.322 e.